The van der Waals surface area contributed by atoms with Crippen molar-refractivity contribution in [3.05, 3.63) is 29.8 Å². The number of benzene rings is 1. The largest absolute Gasteiger partial charge is 0.508 e. The van der Waals surface area contributed by atoms with Gasteiger partial charge in [-0.3, -0.25) is 0 Å². The number of ether oxygens (including phenoxy) is 2. The highest BCUT2D eigenvalue weighted by atomic mass is 16.5. The molecule has 0 spiro atoms. The van der Waals surface area contributed by atoms with Gasteiger partial charge in [0.05, 0.1) is 13.7 Å². The Kier molecular flexibility index (Phi) is 4.39. The second kappa shape index (κ2) is 5.80. The van der Waals surface area contributed by atoms with E-state index in [4.69, 9.17) is 9.47 Å². The van der Waals surface area contributed by atoms with Crippen LogP contribution in [0.25, 0.3) is 6.08 Å². The monoisotopic (exact) mass is 222 g/mol. The second-order valence-electron chi connectivity index (χ2n) is 3.01. The fraction of sp³-hybridized carbons (Fsp3) is 0.250. The average Bonchev–Trinajstić information content (AvgIpc) is 2.27. The molecule has 0 atom stereocenters. The third-order valence-electron chi connectivity index (χ3n) is 1.90. The molecule has 0 fully saturated rings. The molecule has 16 heavy (non-hydrogen) atoms. The molecule has 0 aromatic heterocycles. The molecule has 0 unspecified atom stereocenters. The van der Waals surface area contributed by atoms with Crippen LogP contribution >= 0.6 is 0 Å². The zero-order valence-corrected chi connectivity index (χ0v) is 9.27. The second-order valence-corrected chi connectivity index (χ2v) is 3.01. The first-order chi connectivity index (χ1) is 7.67. The highest BCUT2D eigenvalue weighted by molar-refractivity contribution is 5.87. The van der Waals surface area contributed by atoms with Crippen LogP contribution in [0.15, 0.2) is 24.3 Å². The fourth-order valence-corrected chi connectivity index (χ4v) is 1.19. The van der Waals surface area contributed by atoms with Gasteiger partial charge in [0.1, 0.15) is 11.5 Å². The van der Waals surface area contributed by atoms with Gasteiger partial charge in [-0.15, -0.1) is 0 Å². The summed E-state index contributed by atoms with van der Waals surface area (Å²) in [7, 11) is 1.50. The molecule has 0 saturated heterocycles. The van der Waals surface area contributed by atoms with Crippen LogP contribution in [-0.2, 0) is 9.53 Å². The van der Waals surface area contributed by atoms with Gasteiger partial charge in [0.15, 0.2) is 0 Å². The lowest BCUT2D eigenvalue weighted by Crippen LogP contribution is -1.98. The molecule has 1 rings (SSSR count). The van der Waals surface area contributed by atoms with E-state index in [9.17, 15) is 9.90 Å². The summed E-state index contributed by atoms with van der Waals surface area (Å²) in [6.45, 7) is 2.09. The Balaban J connectivity index is 2.84. The quantitative estimate of drug-likeness (QED) is 0.625. The zero-order valence-electron chi connectivity index (χ0n) is 9.27. The van der Waals surface area contributed by atoms with E-state index < -0.39 is 5.97 Å². The van der Waals surface area contributed by atoms with Crippen LogP contribution in [-0.4, -0.2) is 24.8 Å². The van der Waals surface area contributed by atoms with Crippen LogP contribution in [0.3, 0.4) is 0 Å². The number of esters is 1. The third kappa shape index (κ3) is 3.31. The molecule has 0 amide bonds. The summed E-state index contributed by atoms with van der Waals surface area (Å²) in [5, 5.41) is 9.23. The number of phenols is 1. The van der Waals surface area contributed by atoms with Gasteiger partial charge in [0.2, 0.25) is 0 Å². The van der Waals surface area contributed by atoms with E-state index in [1.165, 1.54) is 25.3 Å². The maximum atomic E-state index is 11.1. The SMILES string of the molecule is CCOC(=O)C=Cc1ccc(O)cc1OC. The molecule has 0 heterocycles. The van der Waals surface area contributed by atoms with E-state index in [0.29, 0.717) is 17.9 Å². The lowest BCUT2D eigenvalue weighted by molar-refractivity contribution is -0.137. The summed E-state index contributed by atoms with van der Waals surface area (Å²) in [5.74, 6) is 0.211. The van der Waals surface area contributed by atoms with E-state index in [1.807, 2.05) is 0 Å². The number of carbonyl (C=O) groups excluding carboxylic acids is 1. The smallest absolute Gasteiger partial charge is 0.330 e. The minimum absolute atomic E-state index is 0.116. The van der Waals surface area contributed by atoms with Gasteiger partial charge in [-0.1, -0.05) is 0 Å². The van der Waals surface area contributed by atoms with Gasteiger partial charge in [0.25, 0.3) is 0 Å². The first-order valence-electron chi connectivity index (χ1n) is 4.89. The summed E-state index contributed by atoms with van der Waals surface area (Å²) in [5.41, 5.74) is 0.702. The predicted octanol–water partition coefficient (Wildman–Crippen LogP) is 1.98. The van der Waals surface area contributed by atoms with E-state index >= 15 is 0 Å². The molecule has 4 heteroatoms. The molecule has 0 aliphatic rings. The van der Waals surface area contributed by atoms with Gasteiger partial charge in [0, 0.05) is 17.7 Å². The standard InChI is InChI=1S/C12H14O4/c1-3-16-12(14)7-5-9-4-6-10(13)8-11(9)15-2/h4-8,13H,3H2,1-2H3. The Bertz CT molecular complexity index is 396. The Morgan fingerprint density at radius 2 is 2.25 bits per heavy atom. The molecule has 86 valence electrons. The summed E-state index contributed by atoms with van der Waals surface area (Å²) in [4.78, 5) is 11.1. The Labute approximate surface area is 94.1 Å². The van der Waals surface area contributed by atoms with Crippen molar-refractivity contribution >= 4 is 12.0 Å². The van der Waals surface area contributed by atoms with Gasteiger partial charge in [-0.05, 0) is 25.1 Å². The fourth-order valence-electron chi connectivity index (χ4n) is 1.19. The lowest BCUT2D eigenvalue weighted by atomic mass is 10.2. The number of phenolic OH excluding ortho intramolecular Hbond substituents is 1. The number of hydrogen-bond acceptors (Lipinski definition) is 4. The van der Waals surface area contributed by atoms with Crippen LogP contribution in [0.4, 0.5) is 0 Å². The summed E-state index contributed by atoms with van der Waals surface area (Å²) in [6, 6.07) is 4.65. The summed E-state index contributed by atoms with van der Waals surface area (Å²) >= 11 is 0. The van der Waals surface area contributed by atoms with Crippen LogP contribution in [0, 0.1) is 0 Å². The molecule has 0 radical (unpaired) electrons. The minimum Gasteiger partial charge on any atom is -0.508 e. The summed E-state index contributed by atoms with van der Waals surface area (Å²) < 4.78 is 9.80. The van der Waals surface area contributed by atoms with Gasteiger partial charge in [-0.2, -0.15) is 0 Å². The Morgan fingerprint density at radius 3 is 2.88 bits per heavy atom. The zero-order chi connectivity index (χ0) is 12.0. The van der Waals surface area contributed by atoms with Crippen molar-refractivity contribution in [1.82, 2.24) is 0 Å². The number of aromatic hydroxyl groups is 1. The van der Waals surface area contributed by atoms with Crippen molar-refractivity contribution in [3.63, 3.8) is 0 Å². The molecule has 0 saturated carbocycles. The number of methoxy groups -OCH3 is 1. The van der Waals surface area contributed by atoms with Crippen molar-refractivity contribution in [1.29, 1.82) is 0 Å². The summed E-state index contributed by atoms with van der Waals surface area (Å²) in [6.07, 6.45) is 2.90. The molecule has 1 aromatic rings. The van der Waals surface area contributed by atoms with Crippen molar-refractivity contribution in [2.75, 3.05) is 13.7 Å². The normalized spacial score (nSPS) is 10.4. The molecule has 0 aliphatic carbocycles. The maximum Gasteiger partial charge on any atom is 0.330 e. The average molecular weight is 222 g/mol. The van der Waals surface area contributed by atoms with Crippen molar-refractivity contribution in [2.45, 2.75) is 6.92 Å². The van der Waals surface area contributed by atoms with Crippen molar-refractivity contribution < 1.29 is 19.4 Å². The van der Waals surface area contributed by atoms with Crippen molar-refractivity contribution in [3.8, 4) is 11.5 Å². The predicted molar refractivity (Wildman–Crippen MR) is 60.3 cm³/mol. The van der Waals surface area contributed by atoms with E-state index in [2.05, 4.69) is 0 Å². The molecule has 1 N–H and O–H groups in total. The Hall–Kier alpha value is -1.97. The first kappa shape index (κ1) is 12.1. The highest BCUT2D eigenvalue weighted by Gasteiger charge is 2.01. The van der Waals surface area contributed by atoms with Gasteiger partial charge >= 0.3 is 5.97 Å². The first-order valence-corrected chi connectivity index (χ1v) is 4.89. The van der Waals surface area contributed by atoms with Crippen LogP contribution in [0.2, 0.25) is 0 Å². The van der Waals surface area contributed by atoms with E-state index in [1.54, 1.807) is 19.1 Å². The molecule has 4 nitrogen and oxygen atoms in total. The molecule has 0 aliphatic heterocycles. The highest BCUT2D eigenvalue weighted by Crippen LogP contribution is 2.24. The van der Waals surface area contributed by atoms with Crippen LogP contribution in [0.1, 0.15) is 12.5 Å². The van der Waals surface area contributed by atoms with E-state index in [-0.39, 0.29) is 5.75 Å². The molecular formula is C12H14O4. The third-order valence-corrected chi connectivity index (χ3v) is 1.90. The van der Waals surface area contributed by atoms with Crippen LogP contribution in [0.5, 0.6) is 11.5 Å². The molecular weight excluding hydrogens is 208 g/mol. The van der Waals surface area contributed by atoms with Crippen LogP contribution < -0.4 is 4.74 Å². The number of carbonyl (C=O) groups is 1. The lowest BCUT2D eigenvalue weighted by Gasteiger charge is -2.04. The maximum absolute atomic E-state index is 11.1. The van der Waals surface area contributed by atoms with E-state index in [0.717, 1.165) is 0 Å². The number of rotatable bonds is 4. The minimum atomic E-state index is -0.405. The van der Waals surface area contributed by atoms with Crippen molar-refractivity contribution in [2.24, 2.45) is 0 Å². The Morgan fingerprint density at radius 1 is 1.50 bits per heavy atom. The number of hydrogen-bond donors (Lipinski definition) is 1. The van der Waals surface area contributed by atoms with Gasteiger partial charge in [-0.25, -0.2) is 4.79 Å². The topological polar surface area (TPSA) is 55.8 Å². The van der Waals surface area contributed by atoms with Gasteiger partial charge < -0.3 is 14.6 Å². The molecule has 0 bridgehead atoms. The molecule has 1 aromatic carbocycles.